The van der Waals surface area contributed by atoms with Crippen LogP contribution in [0, 0.1) is 0 Å². The Morgan fingerprint density at radius 1 is 0.697 bits per heavy atom. The van der Waals surface area contributed by atoms with Gasteiger partial charge < -0.3 is 14.2 Å². The number of ether oxygens (including phenoxy) is 3. The molecule has 0 aliphatic carbocycles. The lowest BCUT2D eigenvalue weighted by atomic mass is 10.1. The highest BCUT2D eigenvalue weighted by atomic mass is 16.6. The summed E-state index contributed by atoms with van der Waals surface area (Å²) in [5, 5.41) is 1.73. The molecule has 0 aliphatic heterocycles. The summed E-state index contributed by atoms with van der Waals surface area (Å²) in [6, 6.07) is 29.8. The number of esters is 1. The Kier molecular flexibility index (Phi) is 7.39. The maximum absolute atomic E-state index is 12.0. The Balaban J connectivity index is 1.60. The SMILES string of the molecule is C=CC(=O)Oc1cc(OCCc2ccccc2)c2ccccc2c1OCCc1ccccc1. The summed E-state index contributed by atoms with van der Waals surface area (Å²) >= 11 is 0. The van der Waals surface area contributed by atoms with Crippen LogP contribution in [-0.4, -0.2) is 19.2 Å². The fourth-order valence-corrected chi connectivity index (χ4v) is 3.62. The van der Waals surface area contributed by atoms with Gasteiger partial charge in [-0.2, -0.15) is 0 Å². The molecule has 0 fully saturated rings. The molecule has 4 rings (SSSR count). The molecule has 0 saturated carbocycles. The normalized spacial score (nSPS) is 10.5. The highest BCUT2D eigenvalue weighted by Gasteiger charge is 2.17. The molecular formula is C29H26O4. The third kappa shape index (κ3) is 5.80. The third-order valence-electron chi connectivity index (χ3n) is 5.27. The highest BCUT2D eigenvalue weighted by Crippen LogP contribution is 2.42. The molecule has 0 bridgehead atoms. The van der Waals surface area contributed by atoms with Gasteiger partial charge in [-0.1, -0.05) is 91.5 Å². The van der Waals surface area contributed by atoms with E-state index in [4.69, 9.17) is 14.2 Å². The van der Waals surface area contributed by atoms with Gasteiger partial charge >= 0.3 is 5.97 Å². The van der Waals surface area contributed by atoms with Gasteiger partial charge in [0.25, 0.3) is 0 Å². The van der Waals surface area contributed by atoms with E-state index >= 15 is 0 Å². The van der Waals surface area contributed by atoms with Crippen LogP contribution in [-0.2, 0) is 17.6 Å². The fraction of sp³-hybridized carbons (Fsp3) is 0.138. The zero-order valence-corrected chi connectivity index (χ0v) is 18.4. The second-order valence-electron chi connectivity index (χ2n) is 7.54. The Labute approximate surface area is 194 Å². The largest absolute Gasteiger partial charge is 0.492 e. The van der Waals surface area contributed by atoms with Crippen LogP contribution < -0.4 is 14.2 Å². The van der Waals surface area contributed by atoms with Crippen molar-refractivity contribution in [2.45, 2.75) is 12.8 Å². The Morgan fingerprint density at radius 2 is 1.24 bits per heavy atom. The lowest BCUT2D eigenvalue weighted by Crippen LogP contribution is -2.09. The first-order valence-electron chi connectivity index (χ1n) is 11.0. The van der Waals surface area contributed by atoms with Gasteiger partial charge in [-0.05, 0) is 11.1 Å². The lowest BCUT2D eigenvalue weighted by Gasteiger charge is -2.17. The van der Waals surface area contributed by atoms with Crippen LogP contribution in [0.2, 0.25) is 0 Å². The van der Waals surface area contributed by atoms with E-state index in [0.717, 1.165) is 29.7 Å². The first-order chi connectivity index (χ1) is 16.2. The van der Waals surface area contributed by atoms with Crippen LogP contribution in [0.3, 0.4) is 0 Å². The zero-order chi connectivity index (χ0) is 22.9. The van der Waals surface area contributed by atoms with Gasteiger partial charge in [-0.25, -0.2) is 4.79 Å². The van der Waals surface area contributed by atoms with Gasteiger partial charge in [0.05, 0.1) is 13.2 Å². The molecule has 0 aromatic heterocycles. The molecule has 0 saturated heterocycles. The van der Waals surface area contributed by atoms with Crippen molar-refractivity contribution >= 4 is 16.7 Å². The molecule has 4 nitrogen and oxygen atoms in total. The minimum Gasteiger partial charge on any atom is -0.492 e. The number of benzene rings is 4. The molecule has 4 aromatic rings. The maximum atomic E-state index is 12.0. The maximum Gasteiger partial charge on any atom is 0.335 e. The van der Waals surface area contributed by atoms with Crippen molar-refractivity contribution in [2.75, 3.05) is 13.2 Å². The summed E-state index contributed by atoms with van der Waals surface area (Å²) in [6.45, 7) is 4.45. The molecule has 0 amide bonds. The molecule has 0 spiro atoms. The van der Waals surface area contributed by atoms with Gasteiger partial charge in [-0.3, -0.25) is 0 Å². The number of hydrogen-bond acceptors (Lipinski definition) is 4. The smallest absolute Gasteiger partial charge is 0.335 e. The molecule has 33 heavy (non-hydrogen) atoms. The first-order valence-corrected chi connectivity index (χ1v) is 11.0. The zero-order valence-electron chi connectivity index (χ0n) is 18.4. The number of hydrogen-bond donors (Lipinski definition) is 0. The van der Waals surface area contributed by atoms with E-state index in [2.05, 4.69) is 30.8 Å². The van der Waals surface area contributed by atoms with Crippen LogP contribution in [0.5, 0.6) is 17.2 Å². The van der Waals surface area contributed by atoms with Gasteiger partial charge in [0, 0.05) is 35.8 Å². The molecule has 0 atom stereocenters. The summed E-state index contributed by atoms with van der Waals surface area (Å²) in [6.07, 6.45) is 2.64. The molecule has 4 aromatic carbocycles. The summed E-state index contributed by atoms with van der Waals surface area (Å²) in [5.41, 5.74) is 2.37. The van der Waals surface area contributed by atoms with E-state index in [0.29, 0.717) is 30.5 Å². The second kappa shape index (κ2) is 11.0. The van der Waals surface area contributed by atoms with Gasteiger partial charge in [0.15, 0.2) is 11.5 Å². The second-order valence-corrected chi connectivity index (χ2v) is 7.54. The van der Waals surface area contributed by atoms with Crippen molar-refractivity contribution < 1.29 is 19.0 Å². The molecule has 166 valence electrons. The van der Waals surface area contributed by atoms with Crippen molar-refractivity contribution in [1.29, 1.82) is 0 Å². The molecule has 0 radical (unpaired) electrons. The van der Waals surface area contributed by atoms with Crippen molar-refractivity contribution in [1.82, 2.24) is 0 Å². The number of carbonyl (C=O) groups is 1. The monoisotopic (exact) mass is 438 g/mol. The third-order valence-corrected chi connectivity index (χ3v) is 5.27. The standard InChI is InChI=1S/C29H26O4/c1-2-28(30)33-27-21-26(31-19-17-22-11-5-3-6-12-22)24-15-9-10-16-25(24)29(27)32-20-18-23-13-7-4-8-14-23/h2-16,21H,1,17-20H2. The summed E-state index contributed by atoms with van der Waals surface area (Å²) < 4.78 is 17.8. The van der Waals surface area contributed by atoms with Gasteiger partial charge in [-0.15, -0.1) is 0 Å². The molecule has 0 unspecified atom stereocenters. The van der Waals surface area contributed by atoms with Crippen LogP contribution in [0.15, 0.2) is 104 Å². The topological polar surface area (TPSA) is 44.8 Å². The summed E-state index contributed by atoms with van der Waals surface area (Å²) in [5.74, 6) is 0.936. The average molecular weight is 439 g/mol. The van der Waals surface area contributed by atoms with E-state index in [1.54, 1.807) is 6.07 Å². The Bertz CT molecular complexity index is 1220. The van der Waals surface area contributed by atoms with E-state index in [1.165, 1.54) is 11.1 Å². The minimum absolute atomic E-state index is 0.321. The van der Waals surface area contributed by atoms with Crippen LogP contribution >= 0.6 is 0 Å². The summed E-state index contributed by atoms with van der Waals surface area (Å²) in [4.78, 5) is 12.0. The summed E-state index contributed by atoms with van der Waals surface area (Å²) in [7, 11) is 0. The first kappa shape index (κ1) is 22.2. The molecule has 0 N–H and O–H groups in total. The van der Waals surface area contributed by atoms with Crippen LogP contribution in [0.1, 0.15) is 11.1 Å². The highest BCUT2D eigenvalue weighted by molar-refractivity contribution is 5.97. The molecular weight excluding hydrogens is 412 g/mol. The number of fused-ring (bicyclic) bond motifs is 1. The predicted octanol–water partition coefficient (Wildman–Crippen LogP) is 6.17. The Hall–Kier alpha value is -4.05. The average Bonchev–Trinajstić information content (AvgIpc) is 2.86. The van der Waals surface area contributed by atoms with Crippen molar-refractivity contribution in [3.63, 3.8) is 0 Å². The van der Waals surface area contributed by atoms with Gasteiger partial charge in [0.2, 0.25) is 0 Å². The lowest BCUT2D eigenvalue weighted by molar-refractivity contribution is -0.129. The van der Waals surface area contributed by atoms with Crippen molar-refractivity contribution in [3.05, 3.63) is 115 Å². The van der Waals surface area contributed by atoms with Crippen molar-refractivity contribution in [3.8, 4) is 17.2 Å². The van der Waals surface area contributed by atoms with Crippen LogP contribution in [0.4, 0.5) is 0 Å². The van der Waals surface area contributed by atoms with Crippen LogP contribution in [0.25, 0.3) is 10.8 Å². The number of carbonyl (C=O) groups excluding carboxylic acids is 1. The predicted molar refractivity (Wildman–Crippen MR) is 131 cm³/mol. The van der Waals surface area contributed by atoms with Gasteiger partial charge in [0.1, 0.15) is 5.75 Å². The number of rotatable bonds is 10. The molecule has 4 heteroatoms. The van der Waals surface area contributed by atoms with E-state index in [-0.39, 0.29) is 0 Å². The van der Waals surface area contributed by atoms with E-state index in [9.17, 15) is 4.79 Å². The minimum atomic E-state index is -0.548. The quantitative estimate of drug-likeness (QED) is 0.169. The molecule has 0 heterocycles. The fourth-order valence-electron chi connectivity index (χ4n) is 3.62. The Morgan fingerprint density at radius 3 is 1.85 bits per heavy atom. The van der Waals surface area contributed by atoms with Crippen molar-refractivity contribution in [2.24, 2.45) is 0 Å². The van der Waals surface area contributed by atoms with E-state index in [1.807, 2.05) is 60.7 Å². The molecule has 0 aliphatic rings. The van der Waals surface area contributed by atoms with E-state index < -0.39 is 5.97 Å².